The molecule has 0 spiro atoms. The van der Waals surface area contributed by atoms with E-state index < -0.39 is 47.3 Å². The number of anilines is 1. The Morgan fingerprint density at radius 2 is 1.79 bits per heavy atom. The van der Waals surface area contributed by atoms with Gasteiger partial charge in [0.25, 0.3) is 5.91 Å². The molecule has 2 rings (SSSR count). The van der Waals surface area contributed by atoms with E-state index in [9.17, 15) is 27.2 Å². The Morgan fingerprint density at radius 1 is 1.07 bits per heavy atom. The molecule has 0 heterocycles. The zero-order valence-electron chi connectivity index (χ0n) is 15.2. The van der Waals surface area contributed by atoms with Gasteiger partial charge < -0.3 is 15.0 Å². The van der Waals surface area contributed by atoms with Crippen LogP contribution in [-0.4, -0.2) is 36.9 Å². The highest BCUT2D eigenvalue weighted by Crippen LogP contribution is 2.22. The molecule has 2 aromatic rings. The summed E-state index contributed by atoms with van der Waals surface area (Å²) in [5.41, 5.74) is -0.640. The van der Waals surface area contributed by atoms with E-state index in [4.69, 9.17) is 4.74 Å². The predicted octanol–water partition coefficient (Wildman–Crippen LogP) is 3.74. The van der Waals surface area contributed by atoms with Crippen LogP contribution in [0.25, 0.3) is 0 Å². The van der Waals surface area contributed by atoms with Crippen molar-refractivity contribution in [3.63, 3.8) is 0 Å². The van der Waals surface area contributed by atoms with Crippen molar-refractivity contribution in [3.8, 4) is 5.75 Å². The molecule has 0 bridgehead atoms. The van der Waals surface area contributed by atoms with Gasteiger partial charge in [-0.3, -0.25) is 9.59 Å². The van der Waals surface area contributed by atoms with E-state index in [1.54, 1.807) is 6.92 Å². The summed E-state index contributed by atoms with van der Waals surface area (Å²) in [6.07, 6.45) is 0.482. The smallest absolute Gasteiger partial charge is 0.258 e. The normalized spacial score (nSPS) is 10.5. The molecule has 0 unspecified atom stereocenters. The van der Waals surface area contributed by atoms with Crippen molar-refractivity contribution in [2.45, 2.75) is 13.3 Å². The van der Waals surface area contributed by atoms with Crippen molar-refractivity contribution in [2.75, 3.05) is 25.5 Å². The summed E-state index contributed by atoms with van der Waals surface area (Å²) in [4.78, 5) is 26.1. The van der Waals surface area contributed by atoms with Gasteiger partial charge in [0, 0.05) is 6.54 Å². The minimum Gasteiger partial charge on any atom is -0.496 e. The molecule has 1 N–H and O–H groups in total. The van der Waals surface area contributed by atoms with Crippen LogP contribution < -0.4 is 10.1 Å². The van der Waals surface area contributed by atoms with Crippen molar-refractivity contribution in [2.24, 2.45) is 0 Å². The van der Waals surface area contributed by atoms with Gasteiger partial charge in [-0.1, -0.05) is 6.92 Å². The van der Waals surface area contributed by atoms with Gasteiger partial charge in [0.15, 0.2) is 17.5 Å². The number of nitrogens with one attached hydrogen (secondary N) is 1. The van der Waals surface area contributed by atoms with Gasteiger partial charge in [-0.2, -0.15) is 0 Å². The monoisotopic (exact) mass is 398 g/mol. The molecule has 0 aliphatic heterocycles. The average Bonchev–Trinajstić information content (AvgIpc) is 2.67. The lowest BCUT2D eigenvalue weighted by atomic mass is 10.1. The van der Waals surface area contributed by atoms with E-state index in [1.807, 2.05) is 0 Å². The summed E-state index contributed by atoms with van der Waals surface area (Å²) in [7, 11) is 1.31. The number of carbonyl (C=O) groups is 2. The lowest BCUT2D eigenvalue weighted by Gasteiger charge is -2.22. The fourth-order valence-electron chi connectivity index (χ4n) is 2.53. The molecule has 2 amide bonds. The molecule has 0 saturated carbocycles. The van der Waals surface area contributed by atoms with Crippen molar-refractivity contribution >= 4 is 17.5 Å². The molecule has 0 atom stereocenters. The van der Waals surface area contributed by atoms with Crippen molar-refractivity contribution in [1.82, 2.24) is 4.90 Å². The highest BCUT2D eigenvalue weighted by molar-refractivity contribution is 6.01. The van der Waals surface area contributed by atoms with Gasteiger partial charge in [-0.25, -0.2) is 17.6 Å². The van der Waals surface area contributed by atoms with Gasteiger partial charge in [-0.15, -0.1) is 0 Å². The maximum Gasteiger partial charge on any atom is 0.258 e. The summed E-state index contributed by atoms with van der Waals surface area (Å²) >= 11 is 0. The zero-order chi connectivity index (χ0) is 20.8. The Bertz CT molecular complexity index is 890. The first-order chi connectivity index (χ1) is 13.3. The van der Waals surface area contributed by atoms with Crippen LogP contribution in [0.2, 0.25) is 0 Å². The molecular formula is C19H18F4N2O3. The molecule has 0 aromatic heterocycles. The minimum absolute atomic E-state index is 0.0808. The first-order valence-electron chi connectivity index (χ1n) is 8.34. The first kappa shape index (κ1) is 21.2. The van der Waals surface area contributed by atoms with Gasteiger partial charge in [-0.05, 0) is 36.8 Å². The van der Waals surface area contributed by atoms with Gasteiger partial charge in [0.05, 0.1) is 18.4 Å². The topological polar surface area (TPSA) is 58.6 Å². The van der Waals surface area contributed by atoms with E-state index in [1.165, 1.54) is 13.2 Å². The fraction of sp³-hybridized carbons (Fsp3) is 0.263. The van der Waals surface area contributed by atoms with E-state index in [-0.39, 0.29) is 17.9 Å². The Labute approximate surface area is 158 Å². The minimum atomic E-state index is -1.72. The molecule has 0 aliphatic carbocycles. The number of benzene rings is 2. The number of rotatable bonds is 7. The van der Waals surface area contributed by atoms with E-state index in [0.717, 1.165) is 23.1 Å². The van der Waals surface area contributed by atoms with Gasteiger partial charge >= 0.3 is 0 Å². The molecular weight excluding hydrogens is 380 g/mol. The van der Waals surface area contributed by atoms with Crippen LogP contribution in [0, 0.1) is 23.3 Å². The third-order valence-corrected chi connectivity index (χ3v) is 3.82. The lowest BCUT2D eigenvalue weighted by molar-refractivity contribution is -0.116. The number of amides is 2. The maximum atomic E-state index is 13.7. The summed E-state index contributed by atoms with van der Waals surface area (Å²) < 4.78 is 58.6. The molecule has 0 aliphatic rings. The second kappa shape index (κ2) is 9.20. The number of nitrogens with zero attached hydrogens (tertiary/aromatic N) is 1. The Kier molecular flexibility index (Phi) is 6.97. The summed E-state index contributed by atoms with van der Waals surface area (Å²) in [5, 5.41) is 2.09. The Morgan fingerprint density at radius 3 is 2.43 bits per heavy atom. The Hall–Kier alpha value is -3.10. The molecule has 0 radical (unpaired) electrons. The second-order valence-corrected chi connectivity index (χ2v) is 5.84. The molecule has 0 fully saturated rings. The quantitative estimate of drug-likeness (QED) is 0.571. The number of hydrogen-bond acceptors (Lipinski definition) is 3. The largest absolute Gasteiger partial charge is 0.496 e. The number of ether oxygens (including phenoxy) is 1. The van der Waals surface area contributed by atoms with E-state index >= 15 is 0 Å². The van der Waals surface area contributed by atoms with Gasteiger partial charge in [0.2, 0.25) is 5.91 Å². The summed E-state index contributed by atoms with van der Waals surface area (Å²) in [6.45, 7) is 1.40. The average molecular weight is 398 g/mol. The maximum absolute atomic E-state index is 13.7. The fourth-order valence-corrected chi connectivity index (χ4v) is 2.53. The number of methoxy groups -OCH3 is 1. The van der Waals surface area contributed by atoms with Crippen LogP contribution in [-0.2, 0) is 4.79 Å². The highest BCUT2D eigenvalue weighted by atomic mass is 19.2. The summed E-state index contributed by atoms with van der Waals surface area (Å²) in [5.74, 6) is -6.69. The highest BCUT2D eigenvalue weighted by Gasteiger charge is 2.23. The van der Waals surface area contributed by atoms with Crippen molar-refractivity contribution in [3.05, 3.63) is 59.2 Å². The Balaban J connectivity index is 2.21. The second-order valence-electron chi connectivity index (χ2n) is 5.84. The van der Waals surface area contributed by atoms with Crippen LogP contribution in [0.1, 0.15) is 23.7 Å². The van der Waals surface area contributed by atoms with Crippen LogP contribution in [0.3, 0.4) is 0 Å². The van der Waals surface area contributed by atoms with Crippen LogP contribution in [0.5, 0.6) is 5.75 Å². The molecule has 9 heteroatoms. The van der Waals surface area contributed by atoms with Crippen LogP contribution >= 0.6 is 0 Å². The zero-order valence-corrected chi connectivity index (χ0v) is 15.2. The lowest BCUT2D eigenvalue weighted by Crippen LogP contribution is -2.38. The molecule has 0 saturated heterocycles. The third kappa shape index (κ3) is 4.79. The van der Waals surface area contributed by atoms with Crippen molar-refractivity contribution < 1.29 is 31.9 Å². The SMILES string of the molecule is CCCN(CC(=O)Nc1ccc(F)c(F)c1F)C(=O)c1cc(F)ccc1OC. The molecule has 5 nitrogen and oxygen atoms in total. The van der Waals surface area contributed by atoms with Crippen LogP contribution in [0.4, 0.5) is 23.2 Å². The van der Waals surface area contributed by atoms with Gasteiger partial charge in [0.1, 0.15) is 18.1 Å². The van der Waals surface area contributed by atoms with Crippen molar-refractivity contribution in [1.29, 1.82) is 0 Å². The molecule has 150 valence electrons. The number of carbonyl (C=O) groups excluding carboxylic acids is 2. The molecule has 28 heavy (non-hydrogen) atoms. The van der Waals surface area contributed by atoms with E-state index in [0.29, 0.717) is 12.5 Å². The van der Waals surface area contributed by atoms with E-state index in [2.05, 4.69) is 5.32 Å². The number of hydrogen-bond donors (Lipinski definition) is 1. The summed E-state index contributed by atoms with van der Waals surface area (Å²) in [6, 6.07) is 4.92. The standard InChI is InChI=1S/C19H18F4N2O3/c1-3-8-25(19(27)12-9-11(20)4-7-15(12)28-2)10-16(26)24-14-6-5-13(21)17(22)18(14)23/h4-7,9H,3,8,10H2,1-2H3,(H,24,26). The predicted molar refractivity (Wildman–Crippen MR) is 94.1 cm³/mol. The third-order valence-electron chi connectivity index (χ3n) is 3.82. The number of halogens is 4. The first-order valence-corrected chi connectivity index (χ1v) is 8.34. The van der Waals surface area contributed by atoms with Crippen LogP contribution in [0.15, 0.2) is 30.3 Å². The molecule has 2 aromatic carbocycles.